The van der Waals surface area contributed by atoms with Gasteiger partial charge in [-0.15, -0.1) is 11.3 Å². The fraction of sp³-hybridized carbons (Fsp3) is 0.350. The van der Waals surface area contributed by atoms with E-state index < -0.39 is 11.2 Å². The van der Waals surface area contributed by atoms with Crippen molar-refractivity contribution in [2.75, 3.05) is 6.54 Å². The number of piperidine rings is 1. The van der Waals surface area contributed by atoms with Gasteiger partial charge in [-0.25, -0.2) is 9.36 Å². The molecule has 8 heteroatoms. The third-order valence-electron chi connectivity index (χ3n) is 5.24. The smallest absolute Gasteiger partial charge is 0.336 e. The number of carbonyl (C=O) groups is 1. The van der Waals surface area contributed by atoms with Crippen LogP contribution in [0, 0.1) is 0 Å². The second-order valence-electron chi connectivity index (χ2n) is 7.06. The molecule has 28 heavy (non-hydrogen) atoms. The monoisotopic (exact) mass is 417 g/mol. The normalized spacial score (nSPS) is 17.2. The van der Waals surface area contributed by atoms with Crippen molar-refractivity contribution < 1.29 is 4.79 Å². The Morgan fingerprint density at radius 2 is 2.07 bits per heavy atom. The number of nitrogens with zero attached hydrogens (tertiary/aromatic N) is 3. The number of rotatable bonds is 3. The molecule has 0 saturated carbocycles. The minimum Gasteiger partial charge on any atom is -0.338 e. The van der Waals surface area contributed by atoms with E-state index in [9.17, 15) is 14.4 Å². The molecule has 0 N–H and O–H groups in total. The van der Waals surface area contributed by atoms with Gasteiger partial charge in [0, 0.05) is 17.6 Å². The third-order valence-corrected chi connectivity index (χ3v) is 6.36. The highest BCUT2D eigenvalue weighted by atomic mass is 35.5. The van der Waals surface area contributed by atoms with Gasteiger partial charge in [-0.3, -0.25) is 14.2 Å². The lowest BCUT2D eigenvalue weighted by atomic mass is 10.0. The maximum absolute atomic E-state index is 13.2. The van der Waals surface area contributed by atoms with Gasteiger partial charge in [0.2, 0.25) is 5.91 Å². The topological polar surface area (TPSA) is 64.3 Å². The lowest BCUT2D eigenvalue weighted by molar-refractivity contribution is -0.135. The van der Waals surface area contributed by atoms with Gasteiger partial charge < -0.3 is 4.90 Å². The van der Waals surface area contributed by atoms with Crippen LogP contribution in [-0.4, -0.2) is 32.5 Å². The molecule has 3 aromatic rings. The lowest BCUT2D eigenvalue weighted by Crippen LogP contribution is -2.46. The van der Waals surface area contributed by atoms with Crippen LogP contribution in [0.2, 0.25) is 5.02 Å². The van der Waals surface area contributed by atoms with Crippen LogP contribution in [0.3, 0.4) is 0 Å². The number of halogens is 1. The minimum absolute atomic E-state index is 0.0861. The highest BCUT2D eigenvalue weighted by Crippen LogP contribution is 2.20. The van der Waals surface area contributed by atoms with Gasteiger partial charge in [0.15, 0.2) is 0 Å². The molecule has 1 aliphatic rings. The zero-order chi connectivity index (χ0) is 19.8. The quantitative estimate of drug-likeness (QED) is 0.657. The number of hydrogen-bond donors (Lipinski definition) is 0. The van der Waals surface area contributed by atoms with Crippen molar-refractivity contribution in [2.45, 2.75) is 38.8 Å². The molecule has 1 aliphatic heterocycles. The molecule has 0 radical (unpaired) electrons. The first-order valence-electron chi connectivity index (χ1n) is 9.26. The van der Waals surface area contributed by atoms with Gasteiger partial charge in [0.05, 0.1) is 11.2 Å². The summed E-state index contributed by atoms with van der Waals surface area (Å²) in [5.74, 6) is -0.0990. The van der Waals surface area contributed by atoms with E-state index >= 15 is 0 Å². The van der Waals surface area contributed by atoms with Crippen LogP contribution in [0.5, 0.6) is 0 Å². The molecule has 0 bridgehead atoms. The highest BCUT2D eigenvalue weighted by molar-refractivity contribution is 7.17. The molecule has 4 rings (SSSR count). The van der Waals surface area contributed by atoms with Crippen molar-refractivity contribution in [1.29, 1.82) is 0 Å². The Labute approximate surface area is 170 Å². The van der Waals surface area contributed by atoms with E-state index in [4.69, 9.17) is 11.6 Å². The zero-order valence-corrected chi connectivity index (χ0v) is 17.0. The molecule has 1 fully saturated rings. The summed E-state index contributed by atoms with van der Waals surface area (Å²) in [5.41, 5.74) is -0.0369. The van der Waals surface area contributed by atoms with E-state index in [1.54, 1.807) is 35.7 Å². The molecule has 1 saturated heterocycles. The maximum atomic E-state index is 13.2. The predicted molar refractivity (Wildman–Crippen MR) is 112 cm³/mol. The molecular formula is C20H20ClN3O3S. The van der Waals surface area contributed by atoms with E-state index in [2.05, 4.69) is 0 Å². The van der Waals surface area contributed by atoms with Crippen LogP contribution < -0.4 is 11.2 Å². The molecule has 146 valence electrons. The largest absolute Gasteiger partial charge is 0.338 e. The van der Waals surface area contributed by atoms with Crippen molar-refractivity contribution in [3.63, 3.8) is 0 Å². The summed E-state index contributed by atoms with van der Waals surface area (Å²) in [6.45, 7) is 2.65. The van der Waals surface area contributed by atoms with E-state index in [0.717, 1.165) is 23.8 Å². The predicted octanol–water partition coefficient (Wildman–Crippen LogP) is 3.27. The summed E-state index contributed by atoms with van der Waals surface area (Å²) in [6.07, 6.45) is 3.05. The average Bonchev–Trinajstić information content (AvgIpc) is 3.15. The Hall–Kier alpha value is -2.38. The summed E-state index contributed by atoms with van der Waals surface area (Å²) < 4.78 is 2.94. The lowest BCUT2D eigenvalue weighted by Gasteiger charge is -2.33. The van der Waals surface area contributed by atoms with E-state index in [1.165, 1.54) is 15.9 Å². The molecular weight excluding hydrogens is 398 g/mol. The van der Waals surface area contributed by atoms with Gasteiger partial charge in [0.25, 0.3) is 5.56 Å². The number of benzene rings is 1. The second kappa shape index (κ2) is 7.56. The minimum atomic E-state index is -0.531. The first-order chi connectivity index (χ1) is 13.5. The number of thiophene rings is 1. The zero-order valence-electron chi connectivity index (χ0n) is 15.4. The summed E-state index contributed by atoms with van der Waals surface area (Å²) >= 11 is 7.32. The second-order valence-corrected chi connectivity index (χ2v) is 8.41. The van der Waals surface area contributed by atoms with E-state index in [-0.39, 0.29) is 18.5 Å². The number of likely N-dealkylation sites (tertiary alicyclic amines) is 1. The number of hydrogen-bond acceptors (Lipinski definition) is 4. The fourth-order valence-corrected chi connectivity index (χ4v) is 4.79. The van der Waals surface area contributed by atoms with E-state index in [0.29, 0.717) is 27.5 Å². The summed E-state index contributed by atoms with van der Waals surface area (Å²) in [5, 5.41) is 2.19. The van der Waals surface area contributed by atoms with Crippen LogP contribution in [-0.2, 0) is 11.3 Å². The van der Waals surface area contributed by atoms with Crippen molar-refractivity contribution >= 4 is 39.1 Å². The van der Waals surface area contributed by atoms with Crippen LogP contribution >= 0.6 is 22.9 Å². The fourth-order valence-electron chi connectivity index (χ4n) is 3.78. The van der Waals surface area contributed by atoms with Crippen molar-refractivity contribution in [3.8, 4) is 5.69 Å². The van der Waals surface area contributed by atoms with Crippen molar-refractivity contribution in [1.82, 2.24) is 14.0 Å². The van der Waals surface area contributed by atoms with Gasteiger partial charge in [-0.05, 0) is 55.8 Å². The summed E-state index contributed by atoms with van der Waals surface area (Å²) in [7, 11) is 0. The SMILES string of the molecule is C[C@@H]1CCCCN1C(=O)Cn1c(=O)n(-c2cccc(Cl)c2)c(=O)c2sccc21. The van der Waals surface area contributed by atoms with Gasteiger partial charge in [-0.1, -0.05) is 17.7 Å². The standard InChI is InChI=1S/C20H20ClN3O3S/c1-13-5-2-3-9-22(13)17(25)12-23-16-8-10-28-18(16)19(26)24(20(23)27)15-7-4-6-14(21)11-15/h4,6-8,10-11,13H,2-3,5,9,12H2,1H3/t13-/m1/s1. The number of carbonyl (C=O) groups excluding carboxylic acids is 1. The Bertz CT molecular complexity index is 1160. The summed E-state index contributed by atoms with van der Waals surface area (Å²) in [4.78, 5) is 40.9. The molecule has 6 nitrogen and oxygen atoms in total. The Morgan fingerprint density at radius 1 is 1.25 bits per heavy atom. The Balaban J connectivity index is 1.84. The van der Waals surface area contributed by atoms with Gasteiger partial charge >= 0.3 is 5.69 Å². The molecule has 0 spiro atoms. The van der Waals surface area contributed by atoms with Crippen molar-refractivity contribution in [3.05, 3.63) is 61.6 Å². The first-order valence-corrected chi connectivity index (χ1v) is 10.5. The summed E-state index contributed by atoms with van der Waals surface area (Å²) in [6, 6.07) is 8.48. The first kappa shape index (κ1) is 19.0. The van der Waals surface area contributed by atoms with Crippen LogP contribution in [0.4, 0.5) is 0 Å². The molecule has 0 aliphatic carbocycles. The molecule has 1 amide bonds. The van der Waals surface area contributed by atoms with Gasteiger partial charge in [-0.2, -0.15) is 0 Å². The van der Waals surface area contributed by atoms with Crippen LogP contribution in [0.15, 0.2) is 45.3 Å². The van der Waals surface area contributed by atoms with E-state index in [1.807, 2.05) is 11.8 Å². The number of amides is 1. The third kappa shape index (κ3) is 3.29. The molecule has 1 aromatic carbocycles. The van der Waals surface area contributed by atoms with Crippen molar-refractivity contribution in [2.24, 2.45) is 0 Å². The number of fused-ring (bicyclic) bond motifs is 1. The molecule has 0 unspecified atom stereocenters. The maximum Gasteiger partial charge on any atom is 0.336 e. The molecule has 3 heterocycles. The van der Waals surface area contributed by atoms with Gasteiger partial charge in [0.1, 0.15) is 11.2 Å². The highest BCUT2D eigenvalue weighted by Gasteiger charge is 2.25. The Kier molecular flexibility index (Phi) is 5.12. The van der Waals surface area contributed by atoms with Crippen LogP contribution in [0.1, 0.15) is 26.2 Å². The molecule has 1 atom stereocenters. The molecule has 2 aromatic heterocycles. The average molecular weight is 418 g/mol. The van der Waals surface area contributed by atoms with Crippen LogP contribution in [0.25, 0.3) is 15.9 Å². The Morgan fingerprint density at radius 3 is 2.82 bits per heavy atom. The number of aromatic nitrogens is 2.